The monoisotopic (exact) mass is 256 g/mol. The summed E-state index contributed by atoms with van der Waals surface area (Å²) in [7, 11) is 0. The fourth-order valence-corrected chi connectivity index (χ4v) is 2.34. The highest BCUT2D eigenvalue weighted by Gasteiger charge is 2.28. The smallest absolute Gasteiger partial charge is 0.325 e. The summed E-state index contributed by atoms with van der Waals surface area (Å²) in [5.41, 5.74) is 0. The molecule has 2 N–H and O–H groups in total. The van der Waals surface area contributed by atoms with Crippen molar-refractivity contribution in [2.75, 3.05) is 6.54 Å². The zero-order valence-corrected chi connectivity index (χ0v) is 11.5. The van der Waals surface area contributed by atoms with Gasteiger partial charge in [0.25, 0.3) is 0 Å². The average molecular weight is 256 g/mol. The zero-order valence-electron chi connectivity index (χ0n) is 11.5. The summed E-state index contributed by atoms with van der Waals surface area (Å²) in [6, 6.07) is -0.813. The lowest BCUT2D eigenvalue weighted by Crippen LogP contribution is -2.51. The van der Waals surface area contributed by atoms with E-state index in [-0.39, 0.29) is 12.1 Å². The molecule has 2 amide bonds. The van der Waals surface area contributed by atoms with Crippen LogP contribution in [0.5, 0.6) is 0 Å². The van der Waals surface area contributed by atoms with Crippen LogP contribution in [0.3, 0.4) is 0 Å². The molecule has 104 valence electrons. The van der Waals surface area contributed by atoms with E-state index in [0.29, 0.717) is 12.5 Å². The van der Waals surface area contributed by atoms with Crippen LogP contribution < -0.4 is 5.32 Å². The van der Waals surface area contributed by atoms with Crippen LogP contribution in [0.1, 0.15) is 46.5 Å². The summed E-state index contributed by atoms with van der Waals surface area (Å²) < 4.78 is 0. The Morgan fingerprint density at radius 3 is 2.28 bits per heavy atom. The topological polar surface area (TPSA) is 69.6 Å². The Labute approximate surface area is 109 Å². The molecule has 0 aromatic carbocycles. The van der Waals surface area contributed by atoms with E-state index in [1.807, 2.05) is 4.90 Å². The molecule has 0 aromatic rings. The number of hydrogen-bond donors (Lipinski definition) is 2. The number of hydrogen-bond acceptors (Lipinski definition) is 2. The Morgan fingerprint density at radius 2 is 1.83 bits per heavy atom. The molecule has 0 radical (unpaired) electrons. The van der Waals surface area contributed by atoms with Gasteiger partial charge in [-0.2, -0.15) is 0 Å². The number of urea groups is 1. The molecule has 5 nitrogen and oxygen atoms in total. The van der Waals surface area contributed by atoms with Crippen LogP contribution in [0.15, 0.2) is 0 Å². The minimum absolute atomic E-state index is 0.245. The molecule has 1 atom stereocenters. The Kier molecular flexibility index (Phi) is 5.44. The number of aliphatic carboxylic acids is 1. The molecule has 0 aromatic heterocycles. The van der Waals surface area contributed by atoms with Gasteiger partial charge in [0.1, 0.15) is 6.04 Å². The largest absolute Gasteiger partial charge is 0.480 e. The molecule has 0 unspecified atom stereocenters. The molecule has 1 fully saturated rings. The van der Waals surface area contributed by atoms with E-state index in [1.54, 1.807) is 0 Å². The van der Waals surface area contributed by atoms with Gasteiger partial charge in [-0.25, -0.2) is 4.79 Å². The third-order valence-electron chi connectivity index (χ3n) is 3.30. The molecule has 0 heterocycles. The van der Waals surface area contributed by atoms with Crippen molar-refractivity contribution >= 4 is 12.0 Å². The van der Waals surface area contributed by atoms with Crippen LogP contribution in [0, 0.1) is 5.92 Å². The first-order valence-electron chi connectivity index (χ1n) is 6.71. The number of rotatable bonds is 5. The Balaban J connectivity index is 2.63. The maximum absolute atomic E-state index is 12.1. The number of carbonyl (C=O) groups is 2. The SMILES string of the molecule is CC(C)CN(C(=O)N[C@@H](C)C(=O)O)C1CCCC1. The molecule has 1 aliphatic carbocycles. The van der Waals surface area contributed by atoms with Gasteiger partial charge >= 0.3 is 12.0 Å². The van der Waals surface area contributed by atoms with Crippen molar-refractivity contribution in [3.8, 4) is 0 Å². The van der Waals surface area contributed by atoms with E-state index >= 15 is 0 Å². The second-order valence-electron chi connectivity index (χ2n) is 5.49. The second-order valence-corrected chi connectivity index (χ2v) is 5.49. The first kappa shape index (κ1) is 14.8. The van der Waals surface area contributed by atoms with Gasteiger partial charge in [-0.15, -0.1) is 0 Å². The van der Waals surface area contributed by atoms with Crippen LogP contribution in [-0.4, -0.2) is 40.6 Å². The lowest BCUT2D eigenvalue weighted by molar-refractivity contribution is -0.138. The minimum atomic E-state index is -1.00. The summed E-state index contributed by atoms with van der Waals surface area (Å²) in [6.45, 7) is 6.30. The number of nitrogens with one attached hydrogen (secondary N) is 1. The van der Waals surface area contributed by atoms with E-state index in [4.69, 9.17) is 5.11 Å². The van der Waals surface area contributed by atoms with Crippen LogP contribution >= 0.6 is 0 Å². The fourth-order valence-electron chi connectivity index (χ4n) is 2.34. The molecule has 0 saturated heterocycles. The predicted molar refractivity (Wildman–Crippen MR) is 69.4 cm³/mol. The normalized spacial score (nSPS) is 17.8. The Bertz CT molecular complexity index is 299. The van der Waals surface area contributed by atoms with Gasteiger partial charge in [-0.1, -0.05) is 26.7 Å². The van der Waals surface area contributed by atoms with Gasteiger partial charge < -0.3 is 15.3 Å². The quantitative estimate of drug-likeness (QED) is 0.791. The number of carbonyl (C=O) groups excluding carboxylic acids is 1. The summed E-state index contributed by atoms with van der Waals surface area (Å²) >= 11 is 0. The van der Waals surface area contributed by atoms with E-state index < -0.39 is 12.0 Å². The summed E-state index contributed by atoms with van der Waals surface area (Å²) in [5.74, 6) is -0.615. The molecule has 0 spiro atoms. The highest BCUT2D eigenvalue weighted by atomic mass is 16.4. The van der Waals surface area contributed by atoms with Crippen molar-refractivity contribution in [3.05, 3.63) is 0 Å². The van der Waals surface area contributed by atoms with E-state index in [9.17, 15) is 9.59 Å². The lowest BCUT2D eigenvalue weighted by Gasteiger charge is -2.31. The summed E-state index contributed by atoms with van der Waals surface area (Å²) in [4.78, 5) is 24.7. The van der Waals surface area contributed by atoms with Crippen LogP contribution in [0.25, 0.3) is 0 Å². The van der Waals surface area contributed by atoms with Crippen LogP contribution in [0.4, 0.5) is 4.79 Å². The first-order valence-corrected chi connectivity index (χ1v) is 6.71. The van der Waals surface area contributed by atoms with Gasteiger partial charge in [0.15, 0.2) is 0 Å². The van der Waals surface area contributed by atoms with Gasteiger partial charge in [-0.3, -0.25) is 4.79 Å². The third kappa shape index (κ3) is 4.20. The van der Waals surface area contributed by atoms with E-state index in [2.05, 4.69) is 19.2 Å². The van der Waals surface area contributed by atoms with Crippen molar-refractivity contribution in [1.82, 2.24) is 10.2 Å². The number of carboxylic acids is 1. The van der Waals surface area contributed by atoms with Gasteiger partial charge in [0.2, 0.25) is 0 Å². The highest BCUT2D eigenvalue weighted by Crippen LogP contribution is 2.24. The molecule has 0 aliphatic heterocycles. The molecule has 0 bridgehead atoms. The van der Waals surface area contributed by atoms with Crippen molar-refractivity contribution < 1.29 is 14.7 Å². The Hall–Kier alpha value is -1.26. The van der Waals surface area contributed by atoms with Gasteiger partial charge in [-0.05, 0) is 25.7 Å². The molecule has 18 heavy (non-hydrogen) atoms. The Morgan fingerprint density at radius 1 is 1.28 bits per heavy atom. The molecule has 1 saturated carbocycles. The number of carboxylic acid groups (broad SMARTS) is 1. The molecule has 5 heteroatoms. The van der Waals surface area contributed by atoms with Gasteiger partial charge in [0, 0.05) is 12.6 Å². The van der Waals surface area contributed by atoms with Gasteiger partial charge in [0.05, 0.1) is 0 Å². The maximum atomic E-state index is 12.1. The first-order chi connectivity index (χ1) is 8.41. The molecule has 1 aliphatic rings. The number of amides is 2. The molecular formula is C13H24N2O3. The van der Waals surface area contributed by atoms with E-state index in [0.717, 1.165) is 25.7 Å². The second kappa shape index (κ2) is 6.61. The zero-order chi connectivity index (χ0) is 13.7. The predicted octanol–water partition coefficient (Wildman–Crippen LogP) is 2.07. The minimum Gasteiger partial charge on any atom is -0.480 e. The summed E-state index contributed by atoms with van der Waals surface area (Å²) in [6.07, 6.45) is 4.37. The number of nitrogens with zero attached hydrogens (tertiary/aromatic N) is 1. The highest BCUT2D eigenvalue weighted by molar-refractivity contribution is 5.82. The van der Waals surface area contributed by atoms with Crippen molar-refractivity contribution in [1.29, 1.82) is 0 Å². The van der Waals surface area contributed by atoms with Crippen molar-refractivity contribution in [2.45, 2.75) is 58.5 Å². The summed E-state index contributed by atoms with van der Waals surface area (Å²) in [5, 5.41) is 11.4. The van der Waals surface area contributed by atoms with Crippen LogP contribution in [0.2, 0.25) is 0 Å². The maximum Gasteiger partial charge on any atom is 0.325 e. The van der Waals surface area contributed by atoms with Crippen molar-refractivity contribution in [2.24, 2.45) is 5.92 Å². The van der Waals surface area contributed by atoms with E-state index in [1.165, 1.54) is 6.92 Å². The molecule has 1 rings (SSSR count). The lowest BCUT2D eigenvalue weighted by atomic mass is 10.1. The average Bonchev–Trinajstić information content (AvgIpc) is 2.78. The van der Waals surface area contributed by atoms with Crippen molar-refractivity contribution in [3.63, 3.8) is 0 Å². The van der Waals surface area contributed by atoms with Crippen LogP contribution in [-0.2, 0) is 4.79 Å². The fraction of sp³-hybridized carbons (Fsp3) is 0.846. The third-order valence-corrected chi connectivity index (χ3v) is 3.30. The molecular weight excluding hydrogens is 232 g/mol. The standard InChI is InChI=1S/C13H24N2O3/c1-9(2)8-15(11-6-4-5-7-11)13(18)14-10(3)12(16)17/h9-11H,4-8H2,1-3H3,(H,14,18)(H,16,17)/t10-/m0/s1.